The van der Waals surface area contributed by atoms with Gasteiger partial charge in [-0.05, 0) is 19.1 Å². The van der Waals surface area contributed by atoms with Crippen LogP contribution in [0.5, 0.6) is 0 Å². The van der Waals surface area contributed by atoms with Gasteiger partial charge >= 0.3 is 0 Å². The van der Waals surface area contributed by atoms with E-state index in [2.05, 4.69) is 10.4 Å². The van der Waals surface area contributed by atoms with Crippen molar-refractivity contribution in [3.63, 3.8) is 0 Å². The maximum Gasteiger partial charge on any atom is 0.287 e. The molecule has 0 saturated heterocycles. The number of furan rings is 1. The van der Waals surface area contributed by atoms with Gasteiger partial charge < -0.3 is 15.5 Å². The predicted octanol–water partition coefficient (Wildman–Crippen LogP) is 0.797. The van der Waals surface area contributed by atoms with E-state index in [4.69, 9.17) is 10.2 Å². The zero-order chi connectivity index (χ0) is 12.3. The fourth-order valence-electron chi connectivity index (χ4n) is 1.43. The van der Waals surface area contributed by atoms with Crippen LogP contribution in [0, 0.1) is 6.92 Å². The Morgan fingerprint density at radius 3 is 3.00 bits per heavy atom. The molecule has 0 fully saturated rings. The Hall–Kier alpha value is -2.24. The van der Waals surface area contributed by atoms with Gasteiger partial charge in [0.2, 0.25) is 0 Å². The summed E-state index contributed by atoms with van der Waals surface area (Å²) in [7, 11) is 0. The second-order valence-corrected chi connectivity index (χ2v) is 3.70. The van der Waals surface area contributed by atoms with Crippen molar-refractivity contribution < 1.29 is 9.21 Å². The molecule has 0 saturated carbocycles. The highest BCUT2D eigenvalue weighted by atomic mass is 16.3. The Morgan fingerprint density at radius 1 is 1.59 bits per heavy atom. The summed E-state index contributed by atoms with van der Waals surface area (Å²) in [4.78, 5) is 11.6. The lowest BCUT2D eigenvalue weighted by molar-refractivity contribution is 0.0923. The standard InChI is InChI=1S/C11H14N4O2/c1-8-2-3-10(17-8)11(16)13-4-5-15-7-9(12)6-14-15/h2-3,6-7H,4-5,12H2,1H3,(H,13,16). The lowest BCUT2D eigenvalue weighted by Crippen LogP contribution is -2.27. The number of carbonyl (C=O) groups is 1. The molecule has 6 heteroatoms. The zero-order valence-electron chi connectivity index (χ0n) is 9.51. The minimum absolute atomic E-state index is 0.224. The molecule has 2 heterocycles. The Morgan fingerprint density at radius 2 is 2.41 bits per heavy atom. The Labute approximate surface area is 98.4 Å². The van der Waals surface area contributed by atoms with Crippen molar-refractivity contribution in [2.45, 2.75) is 13.5 Å². The van der Waals surface area contributed by atoms with Crippen LogP contribution in [0.2, 0.25) is 0 Å². The lowest BCUT2D eigenvalue weighted by atomic mass is 10.4. The van der Waals surface area contributed by atoms with Gasteiger partial charge in [-0.25, -0.2) is 0 Å². The first-order valence-electron chi connectivity index (χ1n) is 5.28. The van der Waals surface area contributed by atoms with Gasteiger partial charge in [-0.3, -0.25) is 9.48 Å². The summed E-state index contributed by atoms with van der Waals surface area (Å²) >= 11 is 0. The van der Waals surface area contributed by atoms with E-state index in [-0.39, 0.29) is 5.91 Å². The fourth-order valence-corrected chi connectivity index (χ4v) is 1.43. The van der Waals surface area contributed by atoms with Crippen LogP contribution in [0.15, 0.2) is 28.9 Å². The molecule has 0 atom stereocenters. The van der Waals surface area contributed by atoms with Crippen molar-refractivity contribution in [1.29, 1.82) is 0 Å². The molecule has 0 bridgehead atoms. The quantitative estimate of drug-likeness (QED) is 0.819. The minimum Gasteiger partial charge on any atom is -0.456 e. The monoisotopic (exact) mass is 234 g/mol. The third-order valence-corrected chi connectivity index (χ3v) is 2.24. The number of aryl methyl sites for hydroxylation is 1. The highest BCUT2D eigenvalue weighted by Crippen LogP contribution is 2.05. The number of amides is 1. The van der Waals surface area contributed by atoms with E-state index >= 15 is 0 Å². The van der Waals surface area contributed by atoms with Crippen molar-refractivity contribution in [3.8, 4) is 0 Å². The number of nitrogens with one attached hydrogen (secondary N) is 1. The molecule has 0 aliphatic heterocycles. The van der Waals surface area contributed by atoms with Crippen LogP contribution in [0.3, 0.4) is 0 Å². The Kier molecular flexibility index (Phi) is 3.13. The van der Waals surface area contributed by atoms with E-state index in [1.807, 2.05) is 0 Å². The summed E-state index contributed by atoms with van der Waals surface area (Å²) < 4.78 is 6.87. The van der Waals surface area contributed by atoms with Gasteiger partial charge in [-0.2, -0.15) is 5.10 Å². The minimum atomic E-state index is -0.224. The van der Waals surface area contributed by atoms with Gasteiger partial charge in [-0.15, -0.1) is 0 Å². The number of nitrogen functional groups attached to an aromatic ring is 1. The van der Waals surface area contributed by atoms with Crippen LogP contribution in [0.4, 0.5) is 5.69 Å². The zero-order valence-corrected chi connectivity index (χ0v) is 9.51. The number of nitrogens with two attached hydrogens (primary N) is 1. The van der Waals surface area contributed by atoms with E-state index < -0.39 is 0 Å². The van der Waals surface area contributed by atoms with E-state index in [0.29, 0.717) is 24.5 Å². The summed E-state index contributed by atoms with van der Waals surface area (Å²) in [6.45, 7) is 2.84. The van der Waals surface area contributed by atoms with E-state index in [9.17, 15) is 4.79 Å². The summed E-state index contributed by atoms with van der Waals surface area (Å²) in [6, 6.07) is 3.40. The van der Waals surface area contributed by atoms with Gasteiger partial charge in [0, 0.05) is 12.7 Å². The number of anilines is 1. The molecule has 17 heavy (non-hydrogen) atoms. The highest BCUT2D eigenvalue weighted by molar-refractivity contribution is 5.91. The van der Waals surface area contributed by atoms with Crippen LogP contribution < -0.4 is 11.1 Å². The van der Waals surface area contributed by atoms with Crippen molar-refractivity contribution in [2.24, 2.45) is 0 Å². The molecule has 0 unspecified atom stereocenters. The fraction of sp³-hybridized carbons (Fsp3) is 0.273. The summed E-state index contributed by atoms with van der Waals surface area (Å²) in [5, 5.41) is 6.74. The molecule has 0 radical (unpaired) electrons. The Bertz CT molecular complexity index is 515. The van der Waals surface area contributed by atoms with Crippen LogP contribution in [0.1, 0.15) is 16.3 Å². The molecule has 0 aromatic carbocycles. The topological polar surface area (TPSA) is 86.1 Å². The van der Waals surface area contributed by atoms with Gasteiger partial charge in [0.1, 0.15) is 5.76 Å². The first-order valence-corrected chi connectivity index (χ1v) is 5.28. The molecule has 90 valence electrons. The molecule has 0 aliphatic rings. The van der Waals surface area contributed by atoms with Crippen LogP contribution in [-0.4, -0.2) is 22.2 Å². The predicted molar refractivity (Wildman–Crippen MR) is 62.4 cm³/mol. The lowest BCUT2D eigenvalue weighted by Gasteiger charge is -2.03. The van der Waals surface area contributed by atoms with Crippen LogP contribution in [-0.2, 0) is 6.54 Å². The number of nitrogens with zero attached hydrogens (tertiary/aromatic N) is 2. The summed E-state index contributed by atoms with van der Waals surface area (Å²) in [5.74, 6) is 0.815. The van der Waals surface area contributed by atoms with E-state index in [1.165, 1.54) is 0 Å². The molecule has 1 amide bonds. The van der Waals surface area contributed by atoms with Crippen LogP contribution >= 0.6 is 0 Å². The normalized spacial score (nSPS) is 10.4. The summed E-state index contributed by atoms with van der Waals surface area (Å²) in [6.07, 6.45) is 3.28. The van der Waals surface area contributed by atoms with Crippen LogP contribution in [0.25, 0.3) is 0 Å². The van der Waals surface area contributed by atoms with Gasteiger partial charge in [-0.1, -0.05) is 0 Å². The average molecular weight is 234 g/mol. The van der Waals surface area contributed by atoms with Crippen molar-refractivity contribution in [1.82, 2.24) is 15.1 Å². The third-order valence-electron chi connectivity index (χ3n) is 2.24. The molecule has 0 aliphatic carbocycles. The third kappa shape index (κ3) is 2.87. The van der Waals surface area contributed by atoms with E-state index in [1.54, 1.807) is 36.1 Å². The second-order valence-electron chi connectivity index (χ2n) is 3.70. The van der Waals surface area contributed by atoms with Gasteiger partial charge in [0.25, 0.3) is 5.91 Å². The molecular weight excluding hydrogens is 220 g/mol. The number of aromatic nitrogens is 2. The largest absolute Gasteiger partial charge is 0.456 e. The molecule has 2 rings (SSSR count). The maximum absolute atomic E-state index is 11.6. The second kappa shape index (κ2) is 4.73. The molecule has 6 nitrogen and oxygen atoms in total. The average Bonchev–Trinajstić information content (AvgIpc) is 2.88. The molecule has 2 aromatic rings. The SMILES string of the molecule is Cc1ccc(C(=O)NCCn2cc(N)cn2)o1. The van der Waals surface area contributed by atoms with Crippen molar-refractivity contribution >= 4 is 11.6 Å². The van der Waals surface area contributed by atoms with Gasteiger partial charge in [0.05, 0.1) is 18.4 Å². The molecule has 3 N–H and O–H groups in total. The Balaban J connectivity index is 1.81. The molecule has 2 aromatic heterocycles. The highest BCUT2D eigenvalue weighted by Gasteiger charge is 2.08. The van der Waals surface area contributed by atoms with Crippen molar-refractivity contribution in [3.05, 3.63) is 36.0 Å². The number of rotatable bonds is 4. The van der Waals surface area contributed by atoms with Gasteiger partial charge in [0.15, 0.2) is 5.76 Å². The maximum atomic E-state index is 11.6. The summed E-state index contributed by atoms with van der Waals surface area (Å²) in [5.41, 5.74) is 6.13. The van der Waals surface area contributed by atoms with Crippen molar-refractivity contribution in [2.75, 3.05) is 12.3 Å². The number of hydrogen-bond donors (Lipinski definition) is 2. The molecular formula is C11H14N4O2. The number of carbonyl (C=O) groups excluding carboxylic acids is 1. The smallest absolute Gasteiger partial charge is 0.287 e. The number of hydrogen-bond acceptors (Lipinski definition) is 4. The van der Waals surface area contributed by atoms with E-state index in [0.717, 1.165) is 5.76 Å². The molecule has 0 spiro atoms. The first kappa shape index (κ1) is 11.3. The first-order chi connectivity index (χ1) is 8.15.